The highest BCUT2D eigenvalue weighted by atomic mass is 32.2. The number of amides is 1. The Morgan fingerprint density at radius 1 is 1.37 bits per heavy atom. The van der Waals surface area contributed by atoms with E-state index >= 15 is 0 Å². The Kier molecular flexibility index (Phi) is 4.69. The van der Waals surface area contributed by atoms with E-state index in [1.807, 2.05) is 11.8 Å². The van der Waals surface area contributed by atoms with Crippen LogP contribution in [0.15, 0.2) is 18.2 Å². The minimum atomic E-state index is -0.489. The van der Waals surface area contributed by atoms with Crippen LogP contribution in [0.1, 0.15) is 36.0 Å². The van der Waals surface area contributed by atoms with Gasteiger partial charge >= 0.3 is 0 Å². The smallest absolute Gasteiger partial charge is 0.251 e. The molecule has 3 nitrogen and oxygen atoms in total. The van der Waals surface area contributed by atoms with Gasteiger partial charge in [0.1, 0.15) is 5.82 Å². The summed E-state index contributed by atoms with van der Waals surface area (Å²) in [6, 6.07) is 4.31. The molecule has 0 unspecified atom stereocenters. The Morgan fingerprint density at radius 3 is 2.63 bits per heavy atom. The van der Waals surface area contributed by atoms with Crippen LogP contribution in [-0.2, 0) is 0 Å². The van der Waals surface area contributed by atoms with Gasteiger partial charge in [0.25, 0.3) is 5.91 Å². The highest BCUT2D eigenvalue weighted by Crippen LogP contribution is 2.27. The number of anilines is 1. The summed E-state index contributed by atoms with van der Waals surface area (Å²) in [4.78, 5) is 12.0. The molecule has 3 N–H and O–H groups in total. The monoisotopic (exact) mass is 282 g/mol. The normalized spacial score (nSPS) is 23.1. The largest absolute Gasteiger partial charge is 0.396 e. The second-order valence-electron chi connectivity index (χ2n) is 4.92. The van der Waals surface area contributed by atoms with Crippen molar-refractivity contribution in [3.63, 3.8) is 0 Å². The van der Waals surface area contributed by atoms with Crippen LogP contribution in [0.3, 0.4) is 0 Å². The van der Waals surface area contributed by atoms with Crippen molar-refractivity contribution in [2.45, 2.75) is 37.0 Å². The van der Waals surface area contributed by atoms with Crippen LogP contribution >= 0.6 is 11.8 Å². The van der Waals surface area contributed by atoms with Crippen molar-refractivity contribution < 1.29 is 9.18 Å². The maximum Gasteiger partial charge on any atom is 0.251 e. The van der Waals surface area contributed by atoms with Gasteiger partial charge in [-0.25, -0.2) is 4.39 Å². The van der Waals surface area contributed by atoms with Gasteiger partial charge in [0.05, 0.1) is 5.69 Å². The Balaban J connectivity index is 1.92. The van der Waals surface area contributed by atoms with Gasteiger partial charge in [-0.2, -0.15) is 11.8 Å². The number of nitrogen functional groups attached to an aromatic ring is 1. The van der Waals surface area contributed by atoms with Crippen LogP contribution in [0.4, 0.5) is 10.1 Å². The summed E-state index contributed by atoms with van der Waals surface area (Å²) >= 11 is 1.90. The average Bonchev–Trinajstić information content (AvgIpc) is 2.42. The summed E-state index contributed by atoms with van der Waals surface area (Å²) in [5, 5.41) is 3.72. The maximum absolute atomic E-state index is 13.0. The van der Waals surface area contributed by atoms with E-state index in [1.165, 1.54) is 18.2 Å². The lowest BCUT2D eigenvalue weighted by Gasteiger charge is -2.28. The molecule has 0 aliphatic heterocycles. The fourth-order valence-corrected chi connectivity index (χ4v) is 3.14. The molecule has 0 heterocycles. The molecule has 0 spiro atoms. The molecule has 1 aliphatic carbocycles. The lowest BCUT2D eigenvalue weighted by molar-refractivity contribution is 0.0928. The van der Waals surface area contributed by atoms with E-state index in [4.69, 9.17) is 5.73 Å². The number of carbonyl (C=O) groups is 1. The average molecular weight is 282 g/mol. The van der Waals surface area contributed by atoms with Gasteiger partial charge in [-0.3, -0.25) is 4.79 Å². The summed E-state index contributed by atoms with van der Waals surface area (Å²) < 4.78 is 13.0. The van der Waals surface area contributed by atoms with Crippen LogP contribution in [0.25, 0.3) is 0 Å². The molecular weight excluding hydrogens is 263 g/mol. The topological polar surface area (TPSA) is 55.1 Å². The van der Waals surface area contributed by atoms with Crippen LogP contribution < -0.4 is 11.1 Å². The van der Waals surface area contributed by atoms with Gasteiger partial charge in [-0.1, -0.05) is 0 Å². The number of hydrogen-bond acceptors (Lipinski definition) is 3. The third-order valence-corrected chi connectivity index (χ3v) is 4.74. The minimum absolute atomic E-state index is 0.0127. The third kappa shape index (κ3) is 3.62. The Hall–Kier alpha value is -1.23. The summed E-state index contributed by atoms with van der Waals surface area (Å²) in [7, 11) is 0. The van der Waals surface area contributed by atoms with Gasteiger partial charge < -0.3 is 11.1 Å². The molecule has 0 saturated heterocycles. The zero-order valence-corrected chi connectivity index (χ0v) is 11.8. The van der Waals surface area contributed by atoms with E-state index in [9.17, 15) is 9.18 Å². The molecule has 0 aromatic heterocycles. The predicted molar refractivity (Wildman–Crippen MR) is 77.8 cm³/mol. The maximum atomic E-state index is 13.0. The molecule has 0 radical (unpaired) electrons. The fraction of sp³-hybridized carbons (Fsp3) is 0.500. The molecule has 1 amide bonds. The van der Waals surface area contributed by atoms with E-state index in [2.05, 4.69) is 11.6 Å². The van der Waals surface area contributed by atoms with E-state index in [0.29, 0.717) is 5.56 Å². The van der Waals surface area contributed by atoms with Crippen molar-refractivity contribution in [1.82, 2.24) is 5.32 Å². The van der Waals surface area contributed by atoms with E-state index in [-0.39, 0.29) is 17.6 Å². The first-order valence-corrected chi connectivity index (χ1v) is 7.77. The highest BCUT2D eigenvalue weighted by molar-refractivity contribution is 7.99. The number of nitrogens with one attached hydrogen (secondary N) is 1. The number of hydrogen-bond donors (Lipinski definition) is 2. The summed E-state index contributed by atoms with van der Waals surface area (Å²) in [6.07, 6.45) is 6.42. The predicted octanol–water partition coefficient (Wildman–Crippen LogP) is 2.81. The zero-order valence-electron chi connectivity index (χ0n) is 11.0. The zero-order chi connectivity index (χ0) is 13.8. The van der Waals surface area contributed by atoms with Crippen molar-refractivity contribution in [3.05, 3.63) is 29.6 Å². The molecule has 0 atom stereocenters. The lowest BCUT2D eigenvalue weighted by atomic mass is 9.94. The van der Waals surface area contributed by atoms with Crippen LogP contribution in [-0.4, -0.2) is 23.5 Å². The standard InChI is InChI=1S/C14H19FN2OS/c1-19-11-5-3-10(4-6-11)17-14(18)9-2-7-12(15)13(16)8-9/h2,7-8,10-11H,3-6,16H2,1H3,(H,17,18). The van der Waals surface area contributed by atoms with Crippen molar-refractivity contribution >= 4 is 23.4 Å². The van der Waals surface area contributed by atoms with Crippen molar-refractivity contribution in [2.75, 3.05) is 12.0 Å². The molecule has 1 saturated carbocycles. The van der Waals surface area contributed by atoms with Crippen molar-refractivity contribution in [2.24, 2.45) is 0 Å². The quantitative estimate of drug-likeness (QED) is 0.838. The lowest BCUT2D eigenvalue weighted by Crippen LogP contribution is -2.38. The van der Waals surface area contributed by atoms with Gasteiger partial charge in [0.15, 0.2) is 0 Å². The fourth-order valence-electron chi connectivity index (χ4n) is 2.40. The van der Waals surface area contributed by atoms with Crippen LogP contribution in [0, 0.1) is 5.82 Å². The second-order valence-corrected chi connectivity index (χ2v) is 6.06. The number of thioether (sulfide) groups is 1. The molecule has 104 valence electrons. The van der Waals surface area contributed by atoms with Gasteiger partial charge in [0, 0.05) is 16.9 Å². The summed E-state index contributed by atoms with van der Waals surface area (Å²) in [5.41, 5.74) is 5.90. The molecule has 0 bridgehead atoms. The minimum Gasteiger partial charge on any atom is -0.396 e. The van der Waals surface area contributed by atoms with Crippen molar-refractivity contribution in [3.8, 4) is 0 Å². The SMILES string of the molecule is CSC1CCC(NC(=O)c2ccc(F)c(N)c2)CC1. The number of carbonyl (C=O) groups excluding carboxylic acids is 1. The van der Waals surface area contributed by atoms with Gasteiger partial charge in [0.2, 0.25) is 0 Å². The van der Waals surface area contributed by atoms with Crippen LogP contribution in [0.5, 0.6) is 0 Å². The molecule has 1 aromatic carbocycles. The summed E-state index contributed by atoms with van der Waals surface area (Å²) in [6.45, 7) is 0. The second kappa shape index (κ2) is 6.28. The Bertz CT molecular complexity index is 459. The van der Waals surface area contributed by atoms with Crippen LogP contribution in [0.2, 0.25) is 0 Å². The molecule has 1 fully saturated rings. The molecular formula is C14H19FN2OS. The molecule has 5 heteroatoms. The number of nitrogens with two attached hydrogens (primary N) is 1. The first kappa shape index (κ1) is 14.2. The first-order valence-electron chi connectivity index (χ1n) is 6.49. The molecule has 2 rings (SSSR count). The first-order chi connectivity index (χ1) is 9.10. The highest BCUT2D eigenvalue weighted by Gasteiger charge is 2.22. The molecule has 1 aromatic rings. The molecule has 1 aliphatic rings. The Morgan fingerprint density at radius 2 is 2.05 bits per heavy atom. The van der Waals surface area contributed by atoms with E-state index in [0.717, 1.165) is 30.9 Å². The molecule has 19 heavy (non-hydrogen) atoms. The number of halogens is 1. The summed E-state index contributed by atoms with van der Waals surface area (Å²) in [5.74, 6) is -0.656. The number of benzene rings is 1. The Labute approximate surface area is 117 Å². The van der Waals surface area contributed by atoms with Gasteiger partial charge in [-0.15, -0.1) is 0 Å². The van der Waals surface area contributed by atoms with Crippen molar-refractivity contribution in [1.29, 1.82) is 0 Å². The van der Waals surface area contributed by atoms with Gasteiger partial charge in [-0.05, 0) is 50.1 Å². The van der Waals surface area contributed by atoms with E-state index in [1.54, 1.807) is 0 Å². The number of rotatable bonds is 3. The van der Waals surface area contributed by atoms with E-state index < -0.39 is 5.82 Å². The third-order valence-electron chi connectivity index (χ3n) is 3.60.